The van der Waals surface area contributed by atoms with E-state index in [2.05, 4.69) is 63.4 Å². The van der Waals surface area contributed by atoms with Gasteiger partial charge < -0.3 is 5.32 Å². The topological polar surface area (TPSA) is 29.1 Å². The summed E-state index contributed by atoms with van der Waals surface area (Å²) >= 11 is 0. The number of hydrogen-bond acceptors (Lipinski definition) is 1. The summed E-state index contributed by atoms with van der Waals surface area (Å²) in [6.45, 7) is 8.55. The number of amides is 1. The summed E-state index contributed by atoms with van der Waals surface area (Å²) in [5.74, 6) is 2.21. The largest absolute Gasteiger partial charge is 0.348 e. The monoisotopic (exact) mass is 337 g/mol. The van der Waals surface area contributed by atoms with Crippen molar-refractivity contribution in [2.45, 2.75) is 71.3 Å². The number of aryl methyl sites for hydroxylation is 1. The Morgan fingerprint density at radius 2 is 1.96 bits per heavy atom. The number of rotatable bonds is 1. The van der Waals surface area contributed by atoms with Crippen LogP contribution < -0.4 is 5.32 Å². The first-order valence-corrected chi connectivity index (χ1v) is 9.90. The molecule has 134 valence electrons. The van der Waals surface area contributed by atoms with Gasteiger partial charge >= 0.3 is 0 Å². The number of fused-ring (bicyclic) bond motifs is 5. The molecule has 3 aliphatic rings. The maximum atomic E-state index is 12.9. The lowest BCUT2D eigenvalue weighted by Crippen LogP contribution is -2.47. The van der Waals surface area contributed by atoms with Crippen LogP contribution in [0.3, 0.4) is 0 Å². The van der Waals surface area contributed by atoms with Crippen LogP contribution in [0.25, 0.3) is 0 Å². The standard InChI is InChI=1S/C23H31NO/c1-22(2,3)24-21(25)20-12-11-19-18-10-9-15-7-5-6-8-16(15)17(18)13-14-23(19,20)4/h5-8,12,17-19H,9-11,13-14H2,1-4H3,(H,24,25)/t17-,18-,19+,23+/m1/s1. The maximum absolute atomic E-state index is 12.9. The van der Waals surface area contributed by atoms with Crippen LogP contribution in [-0.2, 0) is 11.2 Å². The van der Waals surface area contributed by atoms with Crippen LogP contribution in [0.2, 0.25) is 0 Å². The summed E-state index contributed by atoms with van der Waals surface area (Å²) < 4.78 is 0. The van der Waals surface area contributed by atoms with E-state index in [1.54, 1.807) is 11.1 Å². The lowest BCUT2D eigenvalue weighted by atomic mass is 9.54. The zero-order valence-corrected chi connectivity index (χ0v) is 16.1. The van der Waals surface area contributed by atoms with Gasteiger partial charge in [-0.3, -0.25) is 4.79 Å². The second-order valence-corrected chi connectivity index (χ2v) is 9.63. The van der Waals surface area contributed by atoms with Crippen LogP contribution in [-0.4, -0.2) is 11.4 Å². The Labute approximate surface area is 152 Å². The van der Waals surface area contributed by atoms with Crippen molar-refractivity contribution in [3.63, 3.8) is 0 Å². The highest BCUT2D eigenvalue weighted by atomic mass is 16.1. The van der Waals surface area contributed by atoms with Crippen molar-refractivity contribution in [2.24, 2.45) is 17.3 Å². The van der Waals surface area contributed by atoms with E-state index in [-0.39, 0.29) is 16.9 Å². The molecule has 2 heteroatoms. The molecular weight excluding hydrogens is 306 g/mol. The summed E-state index contributed by atoms with van der Waals surface area (Å²) in [5.41, 5.74) is 4.10. The fourth-order valence-electron chi connectivity index (χ4n) is 5.85. The van der Waals surface area contributed by atoms with Crippen molar-refractivity contribution >= 4 is 5.91 Å². The molecule has 0 saturated heterocycles. The first-order valence-electron chi connectivity index (χ1n) is 9.90. The Bertz CT molecular complexity index is 726. The molecular formula is C23H31NO. The van der Waals surface area contributed by atoms with E-state index in [1.807, 2.05) is 0 Å². The van der Waals surface area contributed by atoms with Crippen molar-refractivity contribution in [1.82, 2.24) is 5.32 Å². The molecule has 1 aromatic carbocycles. The minimum Gasteiger partial charge on any atom is -0.348 e. The van der Waals surface area contributed by atoms with E-state index < -0.39 is 0 Å². The molecule has 1 amide bonds. The number of carbonyl (C=O) groups is 1. The van der Waals surface area contributed by atoms with E-state index >= 15 is 0 Å². The van der Waals surface area contributed by atoms with Gasteiger partial charge in [0, 0.05) is 16.5 Å². The molecule has 2 nitrogen and oxygen atoms in total. The van der Waals surface area contributed by atoms with Crippen LogP contribution in [0.4, 0.5) is 0 Å². The van der Waals surface area contributed by atoms with Crippen molar-refractivity contribution < 1.29 is 4.79 Å². The molecule has 3 aliphatic carbocycles. The Hall–Kier alpha value is -1.57. The molecule has 0 bridgehead atoms. The first kappa shape index (κ1) is 16.9. The summed E-state index contributed by atoms with van der Waals surface area (Å²) in [7, 11) is 0. The van der Waals surface area contributed by atoms with E-state index in [9.17, 15) is 4.79 Å². The lowest BCUT2D eigenvalue weighted by molar-refractivity contribution is -0.120. The number of carbonyl (C=O) groups excluding carboxylic acids is 1. The quantitative estimate of drug-likeness (QED) is 0.768. The highest BCUT2D eigenvalue weighted by Gasteiger charge is 2.53. The third kappa shape index (κ3) is 2.74. The summed E-state index contributed by atoms with van der Waals surface area (Å²) in [6, 6.07) is 9.04. The molecule has 1 aromatic rings. The fraction of sp³-hybridized carbons (Fsp3) is 0.609. The predicted octanol–water partition coefficient (Wildman–Crippen LogP) is 4.99. The Balaban J connectivity index is 1.60. The van der Waals surface area contributed by atoms with Crippen LogP contribution in [0.15, 0.2) is 35.9 Å². The minimum atomic E-state index is -0.173. The predicted molar refractivity (Wildman–Crippen MR) is 102 cm³/mol. The van der Waals surface area contributed by atoms with Crippen molar-refractivity contribution in [3.05, 3.63) is 47.0 Å². The van der Waals surface area contributed by atoms with Crippen molar-refractivity contribution in [3.8, 4) is 0 Å². The van der Waals surface area contributed by atoms with Gasteiger partial charge in [0.25, 0.3) is 0 Å². The smallest absolute Gasteiger partial charge is 0.247 e. The second-order valence-electron chi connectivity index (χ2n) is 9.63. The zero-order valence-electron chi connectivity index (χ0n) is 16.1. The molecule has 1 fully saturated rings. The summed E-state index contributed by atoms with van der Waals surface area (Å²) in [4.78, 5) is 12.9. The molecule has 0 heterocycles. The van der Waals surface area contributed by atoms with Gasteiger partial charge in [-0.2, -0.15) is 0 Å². The molecule has 0 radical (unpaired) electrons. The zero-order chi connectivity index (χ0) is 17.8. The average molecular weight is 338 g/mol. The minimum absolute atomic E-state index is 0.0583. The van der Waals surface area contributed by atoms with Crippen molar-refractivity contribution in [2.75, 3.05) is 0 Å². The second kappa shape index (κ2) is 5.72. The van der Waals surface area contributed by atoms with E-state index in [1.165, 1.54) is 19.3 Å². The number of benzene rings is 1. The van der Waals surface area contributed by atoms with E-state index in [0.29, 0.717) is 11.8 Å². The van der Waals surface area contributed by atoms with Gasteiger partial charge in [0.1, 0.15) is 0 Å². The molecule has 0 aliphatic heterocycles. The van der Waals surface area contributed by atoms with Gasteiger partial charge in [-0.1, -0.05) is 37.3 Å². The summed E-state index contributed by atoms with van der Waals surface area (Å²) in [6.07, 6.45) is 8.17. The number of hydrogen-bond donors (Lipinski definition) is 1. The third-order valence-electron chi connectivity index (χ3n) is 6.95. The SMILES string of the molecule is CC(C)(C)NC(=O)C1=CC[C@H]2[C@@H]3CCc4ccccc4[C@H]3CC[C@]12C. The van der Waals surface area contributed by atoms with E-state index in [4.69, 9.17) is 0 Å². The first-order chi connectivity index (χ1) is 11.8. The molecule has 0 unspecified atom stereocenters. The van der Waals surface area contributed by atoms with Gasteiger partial charge in [-0.05, 0) is 81.8 Å². The fourth-order valence-corrected chi connectivity index (χ4v) is 5.85. The van der Waals surface area contributed by atoms with E-state index in [0.717, 1.165) is 24.3 Å². The van der Waals surface area contributed by atoms with Crippen LogP contribution in [0, 0.1) is 17.3 Å². The van der Waals surface area contributed by atoms with Crippen LogP contribution in [0.5, 0.6) is 0 Å². The molecule has 1 saturated carbocycles. The molecule has 25 heavy (non-hydrogen) atoms. The molecule has 4 rings (SSSR count). The maximum Gasteiger partial charge on any atom is 0.247 e. The molecule has 4 atom stereocenters. The number of allylic oxidation sites excluding steroid dienone is 1. The average Bonchev–Trinajstić information content (AvgIpc) is 2.90. The molecule has 0 spiro atoms. The van der Waals surface area contributed by atoms with Gasteiger partial charge in [0.2, 0.25) is 5.91 Å². The van der Waals surface area contributed by atoms with Crippen LogP contribution in [0.1, 0.15) is 70.4 Å². The Kier molecular flexibility index (Phi) is 3.86. The Morgan fingerprint density at radius 1 is 1.20 bits per heavy atom. The number of nitrogens with one attached hydrogen (secondary N) is 1. The molecule has 1 N–H and O–H groups in total. The summed E-state index contributed by atoms with van der Waals surface area (Å²) in [5, 5.41) is 3.20. The highest BCUT2D eigenvalue weighted by Crippen LogP contribution is 2.61. The highest BCUT2D eigenvalue weighted by molar-refractivity contribution is 5.95. The van der Waals surface area contributed by atoms with Gasteiger partial charge in [0.05, 0.1) is 0 Å². The van der Waals surface area contributed by atoms with Gasteiger partial charge in [0.15, 0.2) is 0 Å². The van der Waals surface area contributed by atoms with Crippen molar-refractivity contribution in [1.29, 1.82) is 0 Å². The van der Waals surface area contributed by atoms with Gasteiger partial charge in [-0.25, -0.2) is 0 Å². The third-order valence-corrected chi connectivity index (χ3v) is 6.95. The Morgan fingerprint density at radius 3 is 2.72 bits per heavy atom. The molecule has 0 aromatic heterocycles. The van der Waals surface area contributed by atoms with Crippen LogP contribution >= 0.6 is 0 Å². The normalized spacial score (nSPS) is 33.8. The van der Waals surface area contributed by atoms with Gasteiger partial charge in [-0.15, -0.1) is 0 Å². The lowest BCUT2D eigenvalue weighted by Gasteiger charge is -2.50.